The molecule has 1 unspecified atom stereocenters. The third-order valence-corrected chi connectivity index (χ3v) is 5.21. The minimum Gasteiger partial charge on any atom is -0.243 e. The molecule has 2 heterocycles. The van der Waals surface area contributed by atoms with Crippen molar-refractivity contribution in [1.82, 2.24) is 4.98 Å². The van der Waals surface area contributed by atoms with E-state index in [1.54, 1.807) is 0 Å². The van der Waals surface area contributed by atoms with Gasteiger partial charge in [-0.3, -0.25) is 0 Å². The van der Waals surface area contributed by atoms with Gasteiger partial charge in [0.2, 0.25) is 0 Å². The lowest BCUT2D eigenvalue weighted by atomic mass is 10.1. The standard InChI is InChI=1S/C10H9ClN2O2S/c11-10-7(5-12)4-8(6-13-10)9-2-1-3-16(9,14)15/h4,6,9H,1-3H2. The van der Waals surface area contributed by atoms with Crippen LogP contribution in [0.5, 0.6) is 0 Å². The monoisotopic (exact) mass is 256 g/mol. The summed E-state index contributed by atoms with van der Waals surface area (Å²) >= 11 is 5.69. The fraction of sp³-hybridized carbons (Fsp3) is 0.400. The maximum atomic E-state index is 11.7. The average Bonchev–Trinajstić information content (AvgIpc) is 2.59. The van der Waals surface area contributed by atoms with Gasteiger partial charge in [-0.25, -0.2) is 13.4 Å². The summed E-state index contributed by atoms with van der Waals surface area (Å²) in [4.78, 5) is 3.84. The van der Waals surface area contributed by atoms with Crippen molar-refractivity contribution in [2.45, 2.75) is 18.1 Å². The first-order valence-corrected chi connectivity index (χ1v) is 6.91. The number of hydrogen-bond donors (Lipinski definition) is 0. The van der Waals surface area contributed by atoms with Crippen LogP contribution in [0.1, 0.15) is 29.2 Å². The van der Waals surface area contributed by atoms with Gasteiger partial charge in [-0.15, -0.1) is 0 Å². The predicted molar refractivity (Wildman–Crippen MR) is 59.7 cm³/mol. The highest BCUT2D eigenvalue weighted by Gasteiger charge is 2.33. The zero-order chi connectivity index (χ0) is 11.8. The molecule has 1 aromatic heterocycles. The lowest BCUT2D eigenvalue weighted by Gasteiger charge is -2.09. The summed E-state index contributed by atoms with van der Waals surface area (Å²) in [6.07, 6.45) is 2.70. The van der Waals surface area contributed by atoms with Gasteiger partial charge < -0.3 is 0 Å². The molecule has 0 amide bonds. The summed E-state index contributed by atoms with van der Waals surface area (Å²) < 4.78 is 23.4. The largest absolute Gasteiger partial charge is 0.243 e. The van der Waals surface area contributed by atoms with E-state index in [0.29, 0.717) is 18.4 Å². The van der Waals surface area contributed by atoms with Crippen LogP contribution in [0.15, 0.2) is 12.3 Å². The van der Waals surface area contributed by atoms with Crippen LogP contribution < -0.4 is 0 Å². The van der Waals surface area contributed by atoms with Crippen LogP contribution in [0.2, 0.25) is 5.15 Å². The number of sulfone groups is 1. The first-order chi connectivity index (χ1) is 7.54. The summed E-state index contributed by atoms with van der Waals surface area (Å²) in [6, 6.07) is 3.41. The molecule has 0 saturated carbocycles. The van der Waals surface area contributed by atoms with E-state index in [9.17, 15) is 8.42 Å². The van der Waals surface area contributed by atoms with Crippen molar-refractivity contribution in [2.75, 3.05) is 5.75 Å². The Morgan fingerprint density at radius 1 is 1.56 bits per heavy atom. The predicted octanol–water partition coefficient (Wildman–Crippen LogP) is 1.86. The van der Waals surface area contributed by atoms with E-state index in [1.807, 2.05) is 6.07 Å². The van der Waals surface area contributed by atoms with Gasteiger partial charge in [0.05, 0.1) is 16.6 Å². The van der Waals surface area contributed by atoms with Crippen molar-refractivity contribution < 1.29 is 8.42 Å². The van der Waals surface area contributed by atoms with Gasteiger partial charge in [-0.05, 0) is 24.5 Å². The smallest absolute Gasteiger partial charge is 0.157 e. The number of halogens is 1. The first kappa shape index (κ1) is 11.4. The fourth-order valence-electron chi connectivity index (χ4n) is 1.88. The molecule has 0 N–H and O–H groups in total. The molecule has 0 aliphatic carbocycles. The van der Waals surface area contributed by atoms with Gasteiger partial charge in [0.1, 0.15) is 11.2 Å². The van der Waals surface area contributed by atoms with Gasteiger partial charge in [0.25, 0.3) is 0 Å². The summed E-state index contributed by atoms with van der Waals surface area (Å²) in [5.74, 6) is 0.210. The Labute approximate surface area is 98.8 Å². The molecule has 1 aromatic rings. The van der Waals surface area contributed by atoms with Crippen molar-refractivity contribution in [1.29, 1.82) is 5.26 Å². The molecule has 1 atom stereocenters. The molecule has 2 rings (SSSR count). The van der Waals surface area contributed by atoms with Crippen molar-refractivity contribution in [3.63, 3.8) is 0 Å². The number of hydrogen-bond acceptors (Lipinski definition) is 4. The molecular formula is C10H9ClN2O2S. The molecule has 16 heavy (non-hydrogen) atoms. The average molecular weight is 257 g/mol. The molecule has 6 heteroatoms. The second kappa shape index (κ2) is 4.04. The molecule has 0 bridgehead atoms. The Kier molecular flexibility index (Phi) is 2.87. The fourth-order valence-corrected chi connectivity index (χ4v) is 3.95. The molecule has 1 saturated heterocycles. The normalized spacial score (nSPS) is 22.9. The van der Waals surface area contributed by atoms with E-state index in [2.05, 4.69) is 4.98 Å². The van der Waals surface area contributed by atoms with Crippen LogP contribution in [-0.4, -0.2) is 19.2 Å². The van der Waals surface area contributed by atoms with Gasteiger partial charge in [0, 0.05) is 6.20 Å². The number of aromatic nitrogens is 1. The molecule has 84 valence electrons. The first-order valence-electron chi connectivity index (χ1n) is 4.82. The second-order valence-corrected chi connectivity index (χ2v) is 6.38. The van der Waals surface area contributed by atoms with Crippen molar-refractivity contribution in [3.05, 3.63) is 28.5 Å². The molecule has 1 aliphatic rings. The van der Waals surface area contributed by atoms with Crippen molar-refractivity contribution in [3.8, 4) is 6.07 Å². The van der Waals surface area contributed by atoms with Gasteiger partial charge in [-0.1, -0.05) is 11.6 Å². The molecular weight excluding hydrogens is 248 g/mol. The minimum atomic E-state index is -3.07. The highest BCUT2D eigenvalue weighted by molar-refractivity contribution is 7.91. The molecule has 0 radical (unpaired) electrons. The maximum absolute atomic E-state index is 11.7. The third kappa shape index (κ3) is 1.91. The lowest BCUT2D eigenvalue weighted by Crippen LogP contribution is -2.08. The van der Waals surface area contributed by atoms with Gasteiger partial charge in [-0.2, -0.15) is 5.26 Å². The van der Waals surface area contributed by atoms with Crippen LogP contribution in [0.25, 0.3) is 0 Å². The zero-order valence-electron chi connectivity index (χ0n) is 8.35. The van der Waals surface area contributed by atoms with E-state index < -0.39 is 15.1 Å². The molecule has 0 aromatic carbocycles. The number of nitriles is 1. The summed E-state index contributed by atoms with van der Waals surface area (Å²) in [5, 5.41) is 8.38. The Bertz CT molecular complexity index is 563. The molecule has 4 nitrogen and oxygen atoms in total. The zero-order valence-corrected chi connectivity index (χ0v) is 9.92. The number of pyridine rings is 1. The molecule has 0 spiro atoms. The Morgan fingerprint density at radius 2 is 2.31 bits per heavy atom. The van der Waals surface area contributed by atoms with Crippen LogP contribution in [0.4, 0.5) is 0 Å². The minimum absolute atomic E-state index is 0.113. The maximum Gasteiger partial charge on any atom is 0.157 e. The SMILES string of the molecule is N#Cc1cc(C2CCCS2(=O)=O)cnc1Cl. The lowest BCUT2D eigenvalue weighted by molar-refractivity contribution is 0.592. The number of nitrogens with zero attached hydrogens (tertiary/aromatic N) is 2. The van der Waals surface area contributed by atoms with Crippen molar-refractivity contribution >= 4 is 21.4 Å². The quantitative estimate of drug-likeness (QED) is 0.719. The Balaban J connectivity index is 2.47. The summed E-state index contributed by atoms with van der Waals surface area (Å²) in [6.45, 7) is 0. The summed E-state index contributed by atoms with van der Waals surface area (Å²) in [5.41, 5.74) is 0.791. The van der Waals surface area contributed by atoms with Crippen LogP contribution >= 0.6 is 11.6 Å². The third-order valence-electron chi connectivity index (χ3n) is 2.68. The van der Waals surface area contributed by atoms with Gasteiger partial charge in [0.15, 0.2) is 9.84 Å². The van der Waals surface area contributed by atoms with E-state index in [0.717, 1.165) is 0 Å². The highest BCUT2D eigenvalue weighted by Crippen LogP contribution is 2.35. The topological polar surface area (TPSA) is 70.8 Å². The summed E-state index contributed by atoms with van der Waals surface area (Å²) in [7, 11) is -3.07. The Morgan fingerprint density at radius 3 is 2.88 bits per heavy atom. The molecule has 1 fully saturated rings. The highest BCUT2D eigenvalue weighted by atomic mass is 35.5. The van der Waals surface area contributed by atoms with Crippen LogP contribution in [0, 0.1) is 11.3 Å². The van der Waals surface area contributed by atoms with E-state index in [4.69, 9.17) is 16.9 Å². The van der Waals surface area contributed by atoms with E-state index in [1.165, 1.54) is 12.3 Å². The Hall–Kier alpha value is -1.12. The van der Waals surface area contributed by atoms with Crippen molar-refractivity contribution in [2.24, 2.45) is 0 Å². The number of rotatable bonds is 1. The second-order valence-electron chi connectivity index (χ2n) is 3.72. The van der Waals surface area contributed by atoms with Crippen LogP contribution in [-0.2, 0) is 9.84 Å². The van der Waals surface area contributed by atoms with Gasteiger partial charge >= 0.3 is 0 Å². The molecule has 1 aliphatic heterocycles. The van der Waals surface area contributed by atoms with Crippen LogP contribution in [0.3, 0.4) is 0 Å². The van der Waals surface area contributed by atoms with E-state index in [-0.39, 0.29) is 16.5 Å². The van der Waals surface area contributed by atoms with E-state index >= 15 is 0 Å².